The highest BCUT2D eigenvalue weighted by Crippen LogP contribution is 2.42. The summed E-state index contributed by atoms with van der Waals surface area (Å²) >= 11 is 0. The molecule has 6 nitrogen and oxygen atoms in total. The number of anilines is 1. The highest BCUT2D eigenvalue weighted by atomic mass is 16.5. The van der Waals surface area contributed by atoms with Crippen LogP contribution in [0.2, 0.25) is 0 Å². The Morgan fingerprint density at radius 2 is 1.64 bits per heavy atom. The highest BCUT2D eigenvalue weighted by molar-refractivity contribution is 5.91. The second kappa shape index (κ2) is 10.7. The molecule has 36 heavy (non-hydrogen) atoms. The smallest absolute Gasteiger partial charge is 0.322 e. The summed E-state index contributed by atoms with van der Waals surface area (Å²) in [4.78, 5) is 17.6. The lowest BCUT2D eigenvalue weighted by molar-refractivity contribution is -0.0585. The third-order valence-electron chi connectivity index (χ3n) is 7.69. The van der Waals surface area contributed by atoms with Crippen LogP contribution in [0, 0.1) is 6.92 Å². The van der Waals surface area contributed by atoms with Gasteiger partial charge < -0.3 is 20.1 Å². The number of urea groups is 1. The fourth-order valence-electron chi connectivity index (χ4n) is 5.71. The van der Waals surface area contributed by atoms with Crippen molar-refractivity contribution in [1.82, 2.24) is 9.80 Å². The third-order valence-corrected chi connectivity index (χ3v) is 7.69. The number of amides is 2. The van der Waals surface area contributed by atoms with Gasteiger partial charge in [0, 0.05) is 31.1 Å². The van der Waals surface area contributed by atoms with Crippen molar-refractivity contribution in [2.45, 2.75) is 37.8 Å². The molecule has 188 valence electrons. The van der Waals surface area contributed by atoms with Crippen molar-refractivity contribution >= 4 is 11.7 Å². The molecule has 2 N–H and O–H groups in total. The molecular formula is C30H35N3O3. The second-order valence-corrected chi connectivity index (χ2v) is 9.85. The second-order valence-electron chi connectivity index (χ2n) is 9.85. The number of ether oxygens (including phenoxy) is 1. The molecule has 0 bridgehead atoms. The monoisotopic (exact) mass is 485 g/mol. The summed E-state index contributed by atoms with van der Waals surface area (Å²) in [6.45, 7) is 4.51. The first-order valence-corrected chi connectivity index (χ1v) is 12.8. The van der Waals surface area contributed by atoms with E-state index < -0.39 is 0 Å². The Hall–Kier alpha value is -3.35. The molecule has 5 rings (SSSR count). The van der Waals surface area contributed by atoms with Crippen LogP contribution in [-0.4, -0.2) is 66.4 Å². The predicted octanol–water partition coefficient (Wildman–Crippen LogP) is 5.13. The van der Waals surface area contributed by atoms with Gasteiger partial charge in [0.2, 0.25) is 0 Å². The maximum absolute atomic E-state index is 13.3. The first-order valence-electron chi connectivity index (χ1n) is 12.8. The van der Waals surface area contributed by atoms with Gasteiger partial charge in [-0.1, -0.05) is 66.2 Å². The molecule has 0 spiro atoms. The van der Waals surface area contributed by atoms with E-state index in [4.69, 9.17) is 4.74 Å². The number of benzene rings is 3. The van der Waals surface area contributed by atoms with Crippen LogP contribution < -0.4 is 10.1 Å². The third kappa shape index (κ3) is 4.84. The predicted molar refractivity (Wildman–Crippen MR) is 144 cm³/mol. The molecule has 2 aliphatic rings. The molecule has 2 aliphatic heterocycles. The first kappa shape index (κ1) is 24.3. The molecule has 0 aliphatic carbocycles. The number of aryl methyl sites for hydroxylation is 1. The summed E-state index contributed by atoms with van der Waals surface area (Å²) in [5.74, 6) is 0.830. The minimum Gasteiger partial charge on any atom is -0.495 e. The van der Waals surface area contributed by atoms with E-state index in [1.165, 1.54) is 22.3 Å². The fourth-order valence-corrected chi connectivity index (χ4v) is 5.71. The summed E-state index contributed by atoms with van der Waals surface area (Å²) in [5, 5.41) is 13.3. The average Bonchev–Trinajstić information content (AvgIpc) is 2.89. The Bertz CT molecular complexity index is 1180. The zero-order chi connectivity index (χ0) is 25.1. The first-order chi connectivity index (χ1) is 17.6. The summed E-state index contributed by atoms with van der Waals surface area (Å²) in [5.41, 5.74) is 5.53. The van der Waals surface area contributed by atoms with Crippen LogP contribution in [0.1, 0.15) is 29.9 Å². The van der Waals surface area contributed by atoms with Gasteiger partial charge in [0.15, 0.2) is 0 Å². The standard InChI is InChI=1S/C30H35N3O3/c1-21-9-11-22(12-10-21)23-13-15-24(16-14-23)29-26-19-32(17-5-6-18-33(26)27(29)20-34)30(35)31-25-7-3-4-8-28(25)36-2/h3-4,7-16,26-27,29,34H,5-6,17-20H2,1-2H3,(H,31,35)/t26-,27+,29+/m1/s1. The lowest BCUT2D eigenvalue weighted by Crippen LogP contribution is -2.68. The molecule has 0 saturated carbocycles. The maximum atomic E-state index is 13.3. The molecule has 2 amide bonds. The largest absolute Gasteiger partial charge is 0.495 e. The molecule has 2 heterocycles. The lowest BCUT2D eigenvalue weighted by atomic mass is 9.74. The van der Waals surface area contributed by atoms with Gasteiger partial charge in [0.25, 0.3) is 0 Å². The molecule has 3 aromatic carbocycles. The summed E-state index contributed by atoms with van der Waals surface area (Å²) < 4.78 is 5.41. The van der Waals surface area contributed by atoms with Crippen molar-refractivity contribution in [3.63, 3.8) is 0 Å². The van der Waals surface area contributed by atoms with Gasteiger partial charge in [0.05, 0.1) is 19.4 Å². The number of carbonyl (C=O) groups excluding carboxylic acids is 1. The lowest BCUT2D eigenvalue weighted by Gasteiger charge is -2.57. The van der Waals surface area contributed by atoms with Crippen LogP contribution in [0.15, 0.2) is 72.8 Å². The molecule has 2 saturated heterocycles. The molecule has 3 atom stereocenters. The zero-order valence-electron chi connectivity index (χ0n) is 21.1. The molecule has 6 heteroatoms. The SMILES string of the molecule is COc1ccccc1NC(=O)N1CCCCN2[C@H](C1)[C@H](c1ccc(-c3ccc(C)cc3)cc1)[C@@H]2CO. The molecular weight excluding hydrogens is 450 g/mol. The van der Waals surface area contributed by atoms with E-state index in [0.717, 1.165) is 19.4 Å². The van der Waals surface area contributed by atoms with Crippen molar-refractivity contribution < 1.29 is 14.6 Å². The minimum absolute atomic E-state index is 0.0810. The van der Waals surface area contributed by atoms with Crippen LogP contribution in [0.5, 0.6) is 5.75 Å². The zero-order valence-corrected chi connectivity index (χ0v) is 21.1. The van der Waals surface area contributed by atoms with Gasteiger partial charge >= 0.3 is 6.03 Å². The van der Waals surface area contributed by atoms with Crippen molar-refractivity contribution in [3.8, 4) is 16.9 Å². The molecule has 3 aromatic rings. The van der Waals surface area contributed by atoms with Crippen LogP contribution >= 0.6 is 0 Å². The highest BCUT2D eigenvalue weighted by Gasteiger charge is 2.49. The summed E-state index contributed by atoms with van der Waals surface area (Å²) in [6.07, 6.45) is 1.95. The topological polar surface area (TPSA) is 65.0 Å². The summed E-state index contributed by atoms with van der Waals surface area (Å²) in [7, 11) is 1.61. The Balaban J connectivity index is 1.35. The van der Waals surface area contributed by atoms with Gasteiger partial charge in [-0.2, -0.15) is 0 Å². The van der Waals surface area contributed by atoms with Gasteiger partial charge in [-0.05, 0) is 55.1 Å². The van der Waals surface area contributed by atoms with E-state index in [0.29, 0.717) is 24.5 Å². The number of nitrogens with zero attached hydrogens (tertiary/aromatic N) is 2. The van der Waals surface area contributed by atoms with E-state index in [-0.39, 0.29) is 30.6 Å². The van der Waals surface area contributed by atoms with E-state index >= 15 is 0 Å². The van der Waals surface area contributed by atoms with E-state index in [2.05, 4.69) is 65.7 Å². The Morgan fingerprint density at radius 3 is 2.33 bits per heavy atom. The average molecular weight is 486 g/mol. The van der Waals surface area contributed by atoms with Gasteiger partial charge in [-0.25, -0.2) is 4.79 Å². The molecule has 2 fully saturated rings. The van der Waals surface area contributed by atoms with Crippen LogP contribution in [-0.2, 0) is 0 Å². The van der Waals surface area contributed by atoms with Gasteiger partial charge in [-0.15, -0.1) is 0 Å². The Morgan fingerprint density at radius 1 is 0.972 bits per heavy atom. The van der Waals surface area contributed by atoms with Gasteiger partial charge in [0.1, 0.15) is 5.75 Å². The molecule has 0 radical (unpaired) electrons. The Labute approximate surface area is 213 Å². The van der Waals surface area contributed by atoms with Crippen molar-refractivity contribution in [2.24, 2.45) is 0 Å². The number of para-hydroxylation sites is 2. The maximum Gasteiger partial charge on any atom is 0.322 e. The van der Waals surface area contributed by atoms with E-state index in [9.17, 15) is 9.90 Å². The molecule has 0 unspecified atom stereocenters. The van der Waals surface area contributed by atoms with Crippen LogP contribution in [0.3, 0.4) is 0 Å². The van der Waals surface area contributed by atoms with Crippen LogP contribution in [0.25, 0.3) is 11.1 Å². The van der Waals surface area contributed by atoms with E-state index in [1.807, 2.05) is 29.2 Å². The number of methoxy groups -OCH3 is 1. The number of aliphatic hydroxyl groups is 1. The fraction of sp³-hybridized carbons (Fsp3) is 0.367. The van der Waals surface area contributed by atoms with Crippen molar-refractivity contribution in [3.05, 3.63) is 83.9 Å². The quantitative estimate of drug-likeness (QED) is 0.526. The molecule has 0 aromatic heterocycles. The number of fused-ring (bicyclic) bond motifs is 1. The summed E-state index contributed by atoms with van der Waals surface area (Å²) in [6, 6.07) is 24.9. The Kier molecular flexibility index (Phi) is 7.25. The minimum atomic E-state index is -0.109. The van der Waals surface area contributed by atoms with Crippen LogP contribution in [0.4, 0.5) is 10.5 Å². The number of carbonyl (C=O) groups is 1. The normalized spacial score (nSPS) is 22.1. The number of aliphatic hydroxyl groups excluding tert-OH is 1. The van der Waals surface area contributed by atoms with Gasteiger partial charge in [-0.3, -0.25) is 4.90 Å². The van der Waals surface area contributed by atoms with Crippen molar-refractivity contribution in [1.29, 1.82) is 0 Å². The van der Waals surface area contributed by atoms with E-state index in [1.54, 1.807) is 7.11 Å². The number of hydrogen-bond donors (Lipinski definition) is 2. The van der Waals surface area contributed by atoms with Crippen molar-refractivity contribution in [2.75, 3.05) is 38.7 Å². The number of rotatable bonds is 5. The number of nitrogens with one attached hydrogen (secondary N) is 1. The number of hydrogen-bond acceptors (Lipinski definition) is 4.